The van der Waals surface area contributed by atoms with E-state index in [2.05, 4.69) is 15.5 Å². The Morgan fingerprint density at radius 2 is 1.86 bits per heavy atom. The van der Waals surface area contributed by atoms with E-state index < -0.39 is 0 Å². The molecule has 28 heavy (non-hydrogen) atoms. The highest BCUT2D eigenvalue weighted by molar-refractivity contribution is 14.0. The average Bonchev–Trinajstić information content (AvgIpc) is 3.21. The van der Waals surface area contributed by atoms with Crippen molar-refractivity contribution in [2.24, 2.45) is 4.99 Å². The van der Waals surface area contributed by atoms with Crippen LogP contribution in [-0.4, -0.2) is 56.8 Å². The van der Waals surface area contributed by atoms with Gasteiger partial charge in [-0.05, 0) is 23.8 Å². The molecule has 1 fully saturated rings. The third-order valence-corrected chi connectivity index (χ3v) is 4.80. The third-order valence-electron chi connectivity index (χ3n) is 4.43. The number of benzene rings is 1. The maximum Gasteiger partial charge on any atom is 0.191 e. The summed E-state index contributed by atoms with van der Waals surface area (Å²) in [7, 11) is 0. The van der Waals surface area contributed by atoms with Gasteiger partial charge in [0.05, 0.1) is 26.0 Å². The molecule has 1 aliphatic heterocycles. The van der Waals surface area contributed by atoms with Crippen molar-refractivity contribution >= 4 is 41.5 Å². The second-order valence-electron chi connectivity index (χ2n) is 6.39. The molecule has 2 N–H and O–H groups in total. The molecule has 0 bridgehead atoms. The van der Waals surface area contributed by atoms with Gasteiger partial charge in [0.2, 0.25) is 0 Å². The average molecular weight is 519 g/mol. The molecule has 8 heteroatoms. The molecular formula is C20H28ClIN4O2. The molecule has 6 nitrogen and oxygen atoms in total. The van der Waals surface area contributed by atoms with Crippen LogP contribution in [-0.2, 0) is 17.7 Å². The number of rotatable bonds is 8. The first-order chi connectivity index (χ1) is 13.3. The van der Waals surface area contributed by atoms with Gasteiger partial charge in [-0.1, -0.05) is 29.8 Å². The molecule has 0 unspecified atom stereocenters. The maximum atomic E-state index is 6.24. The molecule has 2 aromatic rings. The van der Waals surface area contributed by atoms with Crippen molar-refractivity contribution in [3.05, 3.63) is 59.0 Å². The van der Waals surface area contributed by atoms with Gasteiger partial charge in [-0.2, -0.15) is 0 Å². The van der Waals surface area contributed by atoms with Crippen LogP contribution in [0.15, 0.2) is 52.1 Å². The molecule has 0 atom stereocenters. The zero-order valence-electron chi connectivity index (χ0n) is 15.9. The van der Waals surface area contributed by atoms with Crippen LogP contribution in [0.4, 0.5) is 0 Å². The minimum absolute atomic E-state index is 0. The van der Waals surface area contributed by atoms with Gasteiger partial charge in [-0.3, -0.25) is 4.90 Å². The molecule has 1 saturated heterocycles. The van der Waals surface area contributed by atoms with Crippen molar-refractivity contribution in [1.82, 2.24) is 15.5 Å². The SMILES string of the molecule is Clc1ccccc1CN=C(NCCc1ccco1)NCCN1CCOCC1.I. The Morgan fingerprint density at radius 3 is 2.61 bits per heavy atom. The van der Waals surface area contributed by atoms with Crippen molar-refractivity contribution in [2.75, 3.05) is 45.9 Å². The summed E-state index contributed by atoms with van der Waals surface area (Å²) >= 11 is 6.24. The highest BCUT2D eigenvalue weighted by atomic mass is 127. The standard InChI is InChI=1S/C20H27ClN4O2.HI/c21-19-6-2-1-4-17(19)16-24-20(22-8-7-18-5-3-13-27-18)23-9-10-25-11-14-26-15-12-25;/h1-6,13H,7-12,14-16H2,(H2,22,23,24);1H. The van der Waals surface area contributed by atoms with E-state index in [1.54, 1.807) is 6.26 Å². The van der Waals surface area contributed by atoms with Gasteiger partial charge in [0, 0.05) is 44.2 Å². The van der Waals surface area contributed by atoms with Crippen molar-refractivity contribution < 1.29 is 9.15 Å². The lowest BCUT2D eigenvalue weighted by Gasteiger charge is -2.26. The molecule has 0 radical (unpaired) electrons. The molecular weight excluding hydrogens is 491 g/mol. The lowest BCUT2D eigenvalue weighted by Crippen LogP contribution is -2.44. The van der Waals surface area contributed by atoms with E-state index in [0.717, 1.165) is 74.7 Å². The Hall–Kier alpha value is -1.29. The molecule has 0 spiro atoms. The molecule has 1 aromatic heterocycles. The fraction of sp³-hybridized carbons (Fsp3) is 0.450. The van der Waals surface area contributed by atoms with E-state index in [1.165, 1.54) is 0 Å². The fourth-order valence-electron chi connectivity index (χ4n) is 2.88. The summed E-state index contributed by atoms with van der Waals surface area (Å²) in [6.45, 7) is 6.68. The molecule has 1 aromatic carbocycles. The van der Waals surface area contributed by atoms with Crippen LogP contribution in [0.25, 0.3) is 0 Å². The second kappa shape index (κ2) is 13.0. The molecule has 154 valence electrons. The zero-order chi connectivity index (χ0) is 18.7. The first-order valence-corrected chi connectivity index (χ1v) is 9.77. The summed E-state index contributed by atoms with van der Waals surface area (Å²) in [5, 5.41) is 7.54. The van der Waals surface area contributed by atoms with Gasteiger partial charge < -0.3 is 19.8 Å². The fourth-order valence-corrected chi connectivity index (χ4v) is 3.08. The maximum absolute atomic E-state index is 6.24. The highest BCUT2D eigenvalue weighted by Crippen LogP contribution is 2.15. The molecule has 2 heterocycles. The van der Waals surface area contributed by atoms with Crippen LogP contribution in [0.2, 0.25) is 5.02 Å². The van der Waals surface area contributed by atoms with E-state index in [9.17, 15) is 0 Å². The van der Waals surface area contributed by atoms with Crippen LogP contribution in [0.3, 0.4) is 0 Å². The van der Waals surface area contributed by atoms with Gasteiger partial charge in [0.15, 0.2) is 5.96 Å². The number of halogens is 2. The molecule has 0 amide bonds. The number of hydrogen-bond donors (Lipinski definition) is 2. The second-order valence-corrected chi connectivity index (χ2v) is 6.80. The van der Waals surface area contributed by atoms with Crippen molar-refractivity contribution in [3.8, 4) is 0 Å². The summed E-state index contributed by atoms with van der Waals surface area (Å²) < 4.78 is 10.8. The van der Waals surface area contributed by atoms with Gasteiger partial charge in [0.1, 0.15) is 5.76 Å². The largest absolute Gasteiger partial charge is 0.469 e. The first kappa shape index (κ1) is 23.0. The zero-order valence-corrected chi connectivity index (χ0v) is 19.0. The molecule has 3 rings (SSSR count). The number of furan rings is 1. The summed E-state index contributed by atoms with van der Waals surface area (Å²) in [6, 6.07) is 11.7. The number of guanidine groups is 1. The minimum atomic E-state index is 0. The van der Waals surface area contributed by atoms with Gasteiger partial charge in [-0.25, -0.2) is 4.99 Å². The smallest absolute Gasteiger partial charge is 0.191 e. The number of aliphatic imine (C=N–C) groups is 1. The normalized spacial score (nSPS) is 15.1. The van der Waals surface area contributed by atoms with E-state index >= 15 is 0 Å². The number of nitrogens with zero attached hydrogens (tertiary/aromatic N) is 2. The van der Waals surface area contributed by atoms with Crippen LogP contribution in [0.1, 0.15) is 11.3 Å². The number of ether oxygens (including phenoxy) is 1. The summed E-state index contributed by atoms with van der Waals surface area (Å²) in [4.78, 5) is 7.09. The van der Waals surface area contributed by atoms with E-state index in [0.29, 0.717) is 6.54 Å². The van der Waals surface area contributed by atoms with E-state index in [-0.39, 0.29) is 24.0 Å². The minimum Gasteiger partial charge on any atom is -0.469 e. The lowest BCUT2D eigenvalue weighted by molar-refractivity contribution is 0.0389. The van der Waals surface area contributed by atoms with E-state index in [4.69, 9.17) is 25.7 Å². The Balaban J connectivity index is 0.00000280. The van der Waals surface area contributed by atoms with Crippen molar-refractivity contribution in [3.63, 3.8) is 0 Å². The highest BCUT2D eigenvalue weighted by Gasteiger charge is 2.10. The van der Waals surface area contributed by atoms with Gasteiger partial charge in [0.25, 0.3) is 0 Å². The van der Waals surface area contributed by atoms with Crippen LogP contribution in [0, 0.1) is 0 Å². The monoisotopic (exact) mass is 518 g/mol. The summed E-state index contributed by atoms with van der Waals surface area (Å²) in [5.41, 5.74) is 1.01. The Labute approximate surface area is 188 Å². The molecule has 1 aliphatic rings. The summed E-state index contributed by atoms with van der Waals surface area (Å²) in [6.07, 6.45) is 2.51. The lowest BCUT2D eigenvalue weighted by atomic mass is 10.2. The van der Waals surface area contributed by atoms with Crippen LogP contribution < -0.4 is 10.6 Å². The predicted octanol–water partition coefficient (Wildman–Crippen LogP) is 3.16. The topological polar surface area (TPSA) is 62.0 Å². The number of hydrogen-bond acceptors (Lipinski definition) is 4. The van der Waals surface area contributed by atoms with Crippen molar-refractivity contribution in [2.45, 2.75) is 13.0 Å². The third kappa shape index (κ3) is 7.98. The Kier molecular flexibility index (Phi) is 10.7. The van der Waals surface area contributed by atoms with Gasteiger partial charge in [-0.15, -0.1) is 24.0 Å². The number of nitrogens with one attached hydrogen (secondary N) is 2. The quantitative estimate of drug-likeness (QED) is 0.319. The molecule has 0 saturated carbocycles. The first-order valence-electron chi connectivity index (χ1n) is 9.39. The van der Waals surface area contributed by atoms with Crippen LogP contribution >= 0.6 is 35.6 Å². The predicted molar refractivity (Wildman–Crippen MR) is 124 cm³/mol. The Morgan fingerprint density at radius 1 is 1.07 bits per heavy atom. The van der Waals surface area contributed by atoms with E-state index in [1.807, 2.05) is 36.4 Å². The van der Waals surface area contributed by atoms with Crippen molar-refractivity contribution in [1.29, 1.82) is 0 Å². The molecule has 0 aliphatic carbocycles. The summed E-state index contributed by atoms with van der Waals surface area (Å²) in [5.74, 6) is 1.75. The Bertz CT molecular complexity index is 706. The van der Waals surface area contributed by atoms with Gasteiger partial charge >= 0.3 is 0 Å². The van der Waals surface area contributed by atoms with Crippen LogP contribution in [0.5, 0.6) is 0 Å². The number of morpholine rings is 1.